The molecule has 1 N–H and O–H groups in total. The van der Waals surface area contributed by atoms with Crippen LogP contribution in [0.1, 0.15) is 22.8 Å². The number of esters is 1. The van der Waals surface area contributed by atoms with Crippen molar-refractivity contribution in [3.63, 3.8) is 0 Å². The molecule has 0 bridgehead atoms. The number of carboxylic acid groups (broad SMARTS) is 1. The van der Waals surface area contributed by atoms with Crippen molar-refractivity contribution < 1.29 is 19.4 Å². The number of carbonyl (C=O) groups is 2. The van der Waals surface area contributed by atoms with Crippen LogP contribution in [0, 0.1) is 5.92 Å². The molecule has 0 saturated heterocycles. The third-order valence-corrected chi connectivity index (χ3v) is 3.11. The van der Waals surface area contributed by atoms with Crippen LogP contribution in [0.25, 0.3) is 0 Å². The highest BCUT2D eigenvalue weighted by atomic mass is 16.5. The van der Waals surface area contributed by atoms with Gasteiger partial charge in [0.15, 0.2) is 0 Å². The van der Waals surface area contributed by atoms with Crippen molar-refractivity contribution in [2.24, 2.45) is 5.92 Å². The minimum atomic E-state index is -0.824. The van der Waals surface area contributed by atoms with E-state index in [-0.39, 0.29) is 0 Å². The minimum absolute atomic E-state index is 0.415. The Morgan fingerprint density at radius 3 is 2.24 bits per heavy atom. The molecule has 0 aromatic heterocycles. The number of carbonyl (C=O) groups excluding carboxylic acids is 1. The van der Waals surface area contributed by atoms with Crippen LogP contribution in [0.15, 0.2) is 54.6 Å². The Morgan fingerprint density at radius 2 is 1.67 bits per heavy atom. The Kier molecular flexibility index (Phi) is 4.72. The van der Waals surface area contributed by atoms with Crippen LogP contribution in [0.4, 0.5) is 0 Å². The normalized spacial score (nSPS) is 11.7. The summed E-state index contributed by atoms with van der Waals surface area (Å²) in [5.41, 5.74) is 1.38. The summed E-state index contributed by atoms with van der Waals surface area (Å²) in [6.07, 6.45) is 0.447. The standard InChI is InChI=1S/C17H16O4/c1-12(16(18)19)11-13-7-9-15(10-8-13)21-17(20)14-5-3-2-4-6-14/h2-10,12H,11H2,1H3,(H,18,19). The monoisotopic (exact) mass is 284 g/mol. The van der Waals surface area contributed by atoms with E-state index in [1.807, 2.05) is 6.07 Å². The van der Waals surface area contributed by atoms with Crippen molar-refractivity contribution in [3.05, 3.63) is 65.7 Å². The van der Waals surface area contributed by atoms with E-state index in [0.29, 0.717) is 17.7 Å². The molecule has 0 spiro atoms. The first-order valence-corrected chi connectivity index (χ1v) is 6.65. The van der Waals surface area contributed by atoms with Gasteiger partial charge in [0.2, 0.25) is 0 Å². The largest absolute Gasteiger partial charge is 0.481 e. The molecule has 2 aromatic rings. The first-order chi connectivity index (χ1) is 10.1. The predicted molar refractivity (Wildman–Crippen MR) is 78.3 cm³/mol. The van der Waals surface area contributed by atoms with E-state index < -0.39 is 17.9 Å². The quantitative estimate of drug-likeness (QED) is 0.676. The van der Waals surface area contributed by atoms with Gasteiger partial charge in [0.05, 0.1) is 11.5 Å². The molecule has 0 aliphatic carbocycles. The van der Waals surface area contributed by atoms with E-state index in [0.717, 1.165) is 5.56 Å². The lowest BCUT2D eigenvalue weighted by molar-refractivity contribution is -0.141. The maximum atomic E-state index is 11.9. The Hall–Kier alpha value is -2.62. The summed E-state index contributed by atoms with van der Waals surface area (Å²) in [4.78, 5) is 22.7. The topological polar surface area (TPSA) is 63.6 Å². The van der Waals surface area contributed by atoms with E-state index in [4.69, 9.17) is 9.84 Å². The van der Waals surface area contributed by atoms with Crippen molar-refractivity contribution >= 4 is 11.9 Å². The van der Waals surface area contributed by atoms with Crippen LogP contribution >= 0.6 is 0 Å². The Labute approximate surface area is 123 Å². The van der Waals surface area contributed by atoms with E-state index in [1.54, 1.807) is 55.5 Å². The van der Waals surface area contributed by atoms with Crippen LogP contribution in [0.5, 0.6) is 5.75 Å². The van der Waals surface area contributed by atoms with Crippen molar-refractivity contribution in [3.8, 4) is 5.75 Å². The van der Waals surface area contributed by atoms with Gasteiger partial charge in [-0.3, -0.25) is 4.79 Å². The number of carboxylic acids is 1. The molecule has 0 heterocycles. The van der Waals surface area contributed by atoms with Gasteiger partial charge in [-0.05, 0) is 36.2 Å². The van der Waals surface area contributed by atoms with Gasteiger partial charge in [0.1, 0.15) is 5.75 Å². The number of ether oxygens (including phenoxy) is 1. The number of benzene rings is 2. The highest BCUT2D eigenvalue weighted by molar-refractivity contribution is 5.90. The molecule has 0 amide bonds. The molecule has 1 unspecified atom stereocenters. The van der Waals surface area contributed by atoms with Gasteiger partial charge < -0.3 is 9.84 Å². The molecule has 0 aliphatic heterocycles. The zero-order valence-electron chi connectivity index (χ0n) is 11.7. The Morgan fingerprint density at radius 1 is 1.05 bits per heavy atom. The number of rotatable bonds is 5. The zero-order valence-corrected chi connectivity index (χ0v) is 11.7. The van der Waals surface area contributed by atoms with Gasteiger partial charge in [-0.15, -0.1) is 0 Å². The zero-order chi connectivity index (χ0) is 15.2. The van der Waals surface area contributed by atoms with E-state index in [1.165, 1.54) is 0 Å². The highest BCUT2D eigenvalue weighted by Crippen LogP contribution is 2.16. The molecule has 0 aliphatic rings. The van der Waals surface area contributed by atoms with Gasteiger partial charge in [-0.1, -0.05) is 37.3 Å². The molecule has 4 nitrogen and oxygen atoms in total. The van der Waals surface area contributed by atoms with Crippen LogP contribution in [-0.4, -0.2) is 17.0 Å². The van der Waals surface area contributed by atoms with E-state index in [2.05, 4.69) is 0 Å². The summed E-state index contributed by atoms with van der Waals surface area (Å²) < 4.78 is 5.25. The van der Waals surface area contributed by atoms with Crippen LogP contribution in [-0.2, 0) is 11.2 Å². The van der Waals surface area contributed by atoms with Crippen molar-refractivity contribution in [2.75, 3.05) is 0 Å². The Balaban J connectivity index is 2.00. The lowest BCUT2D eigenvalue weighted by atomic mass is 10.0. The highest BCUT2D eigenvalue weighted by Gasteiger charge is 2.12. The molecule has 4 heteroatoms. The SMILES string of the molecule is CC(Cc1ccc(OC(=O)c2ccccc2)cc1)C(=O)O. The summed E-state index contributed by atoms with van der Waals surface area (Å²) in [5.74, 6) is -1.24. The average Bonchev–Trinajstić information content (AvgIpc) is 2.50. The van der Waals surface area contributed by atoms with Crippen LogP contribution < -0.4 is 4.74 Å². The summed E-state index contributed by atoms with van der Waals surface area (Å²) in [7, 11) is 0. The number of hydrogen-bond acceptors (Lipinski definition) is 3. The predicted octanol–water partition coefficient (Wildman–Crippen LogP) is 3.17. The van der Waals surface area contributed by atoms with E-state index >= 15 is 0 Å². The van der Waals surface area contributed by atoms with Crippen molar-refractivity contribution in [1.82, 2.24) is 0 Å². The van der Waals surface area contributed by atoms with Crippen molar-refractivity contribution in [2.45, 2.75) is 13.3 Å². The Bertz CT molecular complexity index is 617. The average molecular weight is 284 g/mol. The third kappa shape index (κ3) is 4.18. The van der Waals surface area contributed by atoms with E-state index in [9.17, 15) is 9.59 Å². The fourth-order valence-electron chi connectivity index (χ4n) is 1.87. The first kappa shape index (κ1) is 14.8. The summed E-state index contributed by atoms with van der Waals surface area (Å²) in [5, 5.41) is 8.87. The molecule has 1 atom stereocenters. The fourth-order valence-corrected chi connectivity index (χ4v) is 1.87. The second-order valence-corrected chi connectivity index (χ2v) is 4.84. The molecule has 2 aromatic carbocycles. The smallest absolute Gasteiger partial charge is 0.343 e. The lowest BCUT2D eigenvalue weighted by Crippen LogP contribution is -2.12. The molecule has 0 radical (unpaired) electrons. The summed E-state index contributed by atoms with van der Waals surface area (Å²) in [6, 6.07) is 15.6. The lowest BCUT2D eigenvalue weighted by Gasteiger charge is -2.08. The first-order valence-electron chi connectivity index (χ1n) is 6.65. The molecular formula is C17H16O4. The van der Waals surface area contributed by atoms with Gasteiger partial charge >= 0.3 is 11.9 Å². The summed E-state index contributed by atoms with van der Waals surface area (Å²) in [6.45, 7) is 1.66. The van der Waals surface area contributed by atoms with Gasteiger partial charge in [0.25, 0.3) is 0 Å². The number of hydrogen-bond donors (Lipinski definition) is 1. The maximum absolute atomic E-state index is 11.9. The second-order valence-electron chi connectivity index (χ2n) is 4.84. The molecule has 2 rings (SSSR count). The fraction of sp³-hybridized carbons (Fsp3) is 0.176. The van der Waals surface area contributed by atoms with Gasteiger partial charge in [0, 0.05) is 0 Å². The molecule has 0 saturated carbocycles. The van der Waals surface area contributed by atoms with Crippen LogP contribution in [0.3, 0.4) is 0 Å². The van der Waals surface area contributed by atoms with Gasteiger partial charge in [-0.25, -0.2) is 4.79 Å². The third-order valence-electron chi connectivity index (χ3n) is 3.11. The van der Waals surface area contributed by atoms with Crippen molar-refractivity contribution in [1.29, 1.82) is 0 Å². The number of aliphatic carboxylic acids is 1. The van der Waals surface area contributed by atoms with Gasteiger partial charge in [-0.2, -0.15) is 0 Å². The maximum Gasteiger partial charge on any atom is 0.343 e. The van der Waals surface area contributed by atoms with Crippen LogP contribution in [0.2, 0.25) is 0 Å². The second kappa shape index (κ2) is 6.70. The minimum Gasteiger partial charge on any atom is -0.481 e. The molecule has 108 valence electrons. The molecular weight excluding hydrogens is 268 g/mol. The summed E-state index contributed by atoms with van der Waals surface area (Å²) >= 11 is 0. The molecule has 0 fully saturated rings. The molecule has 21 heavy (non-hydrogen) atoms.